The van der Waals surface area contributed by atoms with Crippen LogP contribution >= 0.6 is 11.8 Å². The summed E-state index contributed by atoms with van der Waals surface area (Å²) in [6.45, 7) is 4.49. The van der Waals surface area contributed by atoms with Crippen LogP contribution < -0.4 is 5.32 Å². The van der Waals surface area contributed by atoms with Crippen molar-refractivity contribution in [2.75, 3.05) is 38.5 Å². The largest absolute Gasteiger partial charge is 0.354 e. The molecule has 0 radical (unpaired) electrons. The summed E-state index contributed by atoms with van der Waals surface area (Å²) in [7, 11) is -1.33. The zero-order chi connectivity index (χ0) is 18.3. The van der Waals surface area contributed by atoms with Gasteiger partial charge in [-0.2, -0.15) is 4.31 Å². The molecule has 1 atom stereocenters. The number of nitrogens with zero attached hydrogens (tertiary/aromatic N) is 2. The predicted molar refractivity (Wildman–Crippen MR) is 107 cm³/mol. The van der Waals surface area contributed by atoms with E-state index in [2.05, 4.69) is 16.3 Å². The van der Waals surface area contributed by atoms with Gasteiger partial charge in [0.15, 0.2) is 0 Å². The van der Waals surface area contributed by atoms with Crippen molar-refractivity contribution in [2.45, 2.75) is 22.0 Å². The van der Waals surface area contributed by atoms with Gasteiger partial charge in [0.05, 0.1) is 16.6 Å². The van der Waals surface area contributed by atoms with E-state index in [4.69, 9.17) is 0 Å². The summed E-state index contributed by atoms with van der Waals surface area (Å²) < 4.78 is 27.7. The normalized spacial score (nSPS) is 19.3. The van der Waals surface area contributed by atoms with Crippen molar-refractivity contribution in [3.8, 4) is 0 Å². The standard InChI is InChI=1S/C19H23N3O2S2/c1-14(26(23,24)22-11-9-21(2)10-12-22)15-7-8-19-17(13-15)20-16-5-3-4-6-18(16)25-19/h3-8,13-14,20H,9-12H2,1-2H3. The third-order valence-electron chi connectivity index (χ3n) is 5.12. The molecule has 0 aliphatic carbocycles. The summed E-state index contributed by atoms with van der Waals surface area (Å²) >= 11 is 1.71. The number of benzene rings is 2. The molecule has 0 saturated carbocycles. The quantitative estimate of drug-likeness (QED) is 0.743. The smallest absolute Gasteiger partial charge is 0.220 e. The lowest BCUT2D eigenvalue weighted by Crippen LogP contribution is -2.48. The van der Waals surface area contributed by atoms with Gasteiger partial charge >= 0.3 is 0 Å². The number of hydrogen-bond acceptors (Lipinski definition) is 5. The molecule has 2 aromatic carbocycles. The molecule has 138 valence electrons. The van der Waals surface area contributed by atoms with Crippen LogP contribution in [0.3, 0.4) is 0 Å². The first kappa shape index (κ1) is 17.9. The highest BCUT2D eigenvalue weighted by Gasteiger charge is 2.32. The van der Waals surface area contributed by atoms with E-state index < -0.39 is 15.3 Å². The van der Waals surface area contributed by atoms with Crippen molar-refractivity contribution < 1.29 is 8.42 Å². The summed E-state index contributed by atoms with van der Waals surface area (Å²) in [6, 6.07) is 14.1. The van der Waals surface area contributed by atoms with Crippen LogP contribution in [0.15, 0.2) is 52.3 Å². The summed E-state index contributed by atoms with van der Waals surface area (Å²) in [5.74, 6) is 0. The highest BCUT2D eigenvalue weighted by molar-refractivity contribution is 7.99. The molecule has 2 aromatic rings. The summed E-state index contributed by atoms with van der Waals surface area (Å²) in [4.78, 5) is 4.47. The van der Waals surface area contributed by atoms with E-state index in [9.17, 15) is 8.42 Å². The van der Waals surface area contributed by atoms with Gasteiger partial charge in [-0.15, -0.1) is 0 Å². The Kier molecular flexibility index (Phi) is 4.73. The third kappa shape index (κ3) is 3.24. The molecule has 2 aliphatic heterocycles. The van der Waals surface area contributed by atoms with E-state index in [0.717, 1.165) is 34.9 Å². The van der Waals surface area contributed by atoms with Gasteiger partial charge in [0, 0.05) is 36.0 Å². The monoisotopic (exact) mass is 389 g/mol. The van der Waals surface area contributed by atoms with Crippen LogP contribution in [0.4, 0.5) is 11.4 Å². The van der Waals surface area contributed by atoms with E-state index in [0.29, 0.717) is 13.1 Å². The first-order valence-corrected chi connectivity index (χ1v) is 11.1. The molecular formula is C19H23N3O2S2. The molecule has 1 saturated heterocycles. The van der Waals surface area contributed by atoms with Crippen LogP contribution in [-0.4, -0.2) is 50.8 Å². The van der Waals surface area contributed by atoms with Crippen LogP contribution in [-0.2, 0) is 10.0 Å². The number of nitrogens with one attached hydrogen (secondary N) is 1. The first-order chi connectivity index (χ1) is 12.4. The van der Waals surface area contributed by atoms with Crippen molar-refractivity contribution >= 4 is 33.2 Å². The maximum Gasteiger partial charge on any atom is 0.220 e. The van der Waals surface area contributed by atoms with Crippen molar-refractivity contribution in [3.05, 3.63) is 48.0 Å². The van der Waals surface area contributed by atoms with Crippen LogP contribution in [0.2, 0.25) is 0 Å². The number of fused-ring (bicyclic) bond motifs is 2. The third-order valence-corrected chi connectivity index (χ3v) is 8.52. The minimum atomic E-state index is -3.35. The zero-order valence-corrected chi connectivity index (χ0v) is 16.6. The van der Waals surface area contributed by atoms with E-state index in [1.165, 1.54) is 4.90 Å². The molecule has 0 bridgehead atoms. The van der Waals surface area contributed by atoms with Gasteiger partial charge in [0.1, 0.15) is 0 Å². The average molecular weight is 390 g/mol. The average Bonchev–Trinajstić information content (AvgIpc) is 2.65. The fourth-order valence-corrected chi connectivity index (χ4v) is 5.93. The lowest BCUT2D eigenvalue weighted by atomic mass is 10.1. The van der Waals surface area contributed by atoms with Gasteiger partial charge in [0.25, 0.3) is 0 Å². The van der Waals surface area contributed by atoms with Gasteiger partial charge in [-0.25, -0.2) is 8.42 Å². The zero-order valence-electron chi connectivity index (χ0n) is 15.0. The molecule has 26 heavy (non-hydrogen) atoms. The second-order valence-electron chi connectivity index (χ2n) is 6.87. The molecule has 2 aliphatic rings. The summed E-state index contributed by atoms with van der Waals surface area (Å²) in [5.41, 5.74) is 2.87. The highest BCUT2D eigenvalue weighted by atomic mass is 32.2. The lowest BCUT2D eigenvalue weighted by molar-refractivity contribution is 0.221. The predicted octanol–water partition coefficient (Wildman–Crippen LogP) is 3.53. The Balaban J connectivity index is 1.59. The maximum atomic E-state index is 13.0. The van der Waals surface area contributed by atoms with Gasteiger partial charge in [0.2, 0.25) is 10.0 Å². The topological polar surface area (TPSA) is 52.7 Å². The van der Waals surface area contributed by atoms with Crippen molar-refractivity contribution in [3.63, 3.8) is 0 Å². The maximum absolute atomic E-state index is 13.0. The molecule has 0 amide bonds. The molecular weight excluding hydrogens is 366 g/mol. The Bertz CT molecular complexity index is 922. The van der Waals surface area contributed by atoms with Crippen LogP contribution in [0.25, 0.3) is 0 Å². The molecule has 1 N–H and O–H groups in total. The van der Waals surface area contributed by atoms with Crippen LogP contribution in [0.5, 0.6) is 0 Å². The Morgan fingerprint density at radius 1 is 1.00 bits per heavy atom. The van der Waals surface area contributed by atoms with Gasteiger partial charge in [-0.1, -0.05) is 30.0 Å². The van der Waals surface area contributed by atoms with Crippen molar-refractivity contribution in [1.82, 2.24) is 9.21 Å². The first-order valence-electron chi connectivity index (χ1n) is 8.80. The fraction of sp³-hybridized carbons (Fsp3) is 0.368. The van der Waals surface area contributed by atoms with E-state index in [1.807, 2.05) is 43.4 Å². The Morgan fingerprint density at radius 2 is 1.69 bits per heavy atom. The van der Waals surface area contributed by atoms with Gasteiger partial charge < -0.3 is 10.2 Å². The number of hydrogen-bond donors (Lipinski definition) is 1. The minimum absolute atomic E-state index is 0.555. The number of rotatable bonds is 3. The van der Waals surface area contributed by atoms with Crippen LogP contribution in [0, 0.1) is 0 Å². The number of piperazine rings is 1. The fourth-order valence-electron chi connectivity index (χ4n) is 3.35. The van der Waals surface area contributed by atoms with Crippen molar-refractivity contribution in [2.24, 2.45) is 0 Å². The minimum Gasteiger partial charge on any atom is -0.354 e. The number of anilines is 2. The molecule has 1 unspecified atom stereocenters. The molecule has 0 spiro atoms. The molecule has 1 fully saturated rings. The molecule has 7 heteroatoms. The van der Waals surface area contributed by atoms with Crippen LogP contribution in [0.1, 0.15) is 17.7 Å². The van der Waals surface area contributed by atoms with Gasteiger partial charge in [-0.3, -0.25) is 0 Å². The molecule has 5 nitrogen and oxygen atoms in total. The number of para-hydroxylation sites is 1. The second kappa shape index (κ2) is 6.88. The van der Waals surface area contributed by atoms with E-state index in [1.54, 1.807) is 23.0 Å². The Morgan fingerprint density at radius 3 is 2.46 bits per heavy atom. The lowest BCUT2D eigenvalue weighted by Gasteiger charge is -2.33. The van der Waals surface area contributed by atoms with E-state index in [-0.39, 0.29) is 0 Å². The Labute approximate surface area is 159 Å². The molecule has 0 aromatic heterocycles. The number of likely N-dealkylation sites (N-methyl/N-ethyl adjacent to an activating group) is 1. The van der Waals surface area contributed by atoms with Crippen molar-refractivity contribution in [1.29, 1.82) is 0 Å². The molecule has 4 rings (SSSR count). The number of sulfonamides is 1. The second-order valence-corrected chi connectivity index (χ2v) is 10.2. The summed E-state index contributed by atoms with van der Waals surface area (Å²) in [5, 5.41) is 2.88. The SMILES string of the molecule is CC(c1ccc2c(c1)Nc1ccccc1S2)S(=O)(=O)N1CCN(C)CC1. The van der Waals surface area contributed by atoms with Gasteiger partial charge in [-0.05, 0) is 43.8 Å². The summed E-state index contributed by atoms with van der Waals surface area (Å²) in [6.07, 6.45) is 0. The van der Waals surface area contributed by atoms with E-state index >= 15 is 0 Å². The highest BCUT2D eigenvalue weighted by Crippen LogP contribution is 2.45. The Hall–Kier alpha value is -1.54. The molecule has 2 heterocycles.